The summed E-state index contributed by atoms with van der Waals surface area (Å²) >= 11 is 0. The summed E-state index contributed by atoms with van der Waals surface area (Å²) in [5.74, 6) is -1.22. The Kier molecular flexibility index (Phi) is 6.70. The van der Waals surface area contributed by atoms with Crippen LogP contribution in [0.25, 0.3) is 0 Å². The van der Waals surface area contributed by atoms with Gasteiger partial charge in [0.25, 0.3) is 11.8 Å². The van der Waals surface area contributed by atoms with E-state index >= 15 is 0 Å². The van der Waals surface area contributed by atoms with Crippen LogP contribution in [0.1, 0.15) is 48.0 Å². The van der Waals surface area contributed by atoms with Gasteiger partial charge in [-0.1, -0.05) is 12.1 Å². The van der Waals surface area contributed by atoms with Crippen LogP contribution in [0.2, 0.25) is 0 Å². The zero-order valence-electron chi connectivity index (χ0n) is 16.1. The topological polar surface area (TPSA) is 123 Å². The standard InChI is InChI=1S/C20H24N4O4/c1-20(2,3)28-17(25)10-11-22-19(27)16-9-8-13(12-23-16)18(26)24-15-7-5-4-6-14(15)21/h4-9,12H,10-11,21H2,1-3H3,(H,22,27)(H,24,26). The minimum atomic E-state index is -0.566. The second-order valence-corrected chi connectivity index (χ2v) is 7.07. The second kappa shape index (κ2) is 8.98. The first-order valence-corrected chi connectivity index (χ1v) is 8.77. The predicted octanol–water partition coefficient (Wildman–Crippen LogP) is 2.38. The maximum atomic E-state index is 12.2. The third kappa shape index (κ3) is 6.39. The summed E-state index contributed by atoms with van der Waals surface area (Å²) in [5, 5.41) is 5.28. The zero-order chi connectivity index (χ0) is 20.7. The van der Waals surface area contributed by atoms with Gasteiger partial charge >= 0.3 is 5.97 Å². The minimum Gasteiger partial charge on any atom is -0.460 e. The highest BCUT2D eigenvalue weighted by atomic mass is 16.6. The van der Waals surface area contributed by atoms with Crippen molar-refractivity contribution in [3.63, 3.8) is 0 Å². The summed E-state index contributed by atoms with van der Waals surface area (Å²) in [5.41, 5.74) is 6.60. The number of esters is 1. The predicted molar refractivity (Wildman–Crippen MR) is 106 cm³/mol. The van der Waals surface area contributed by atoms with Crippen molar-refractivity contribution < 1.29 is 19.1 Å². The molecule has 4 N–H and O–H groups in total. The quantitative estimate of drug-likeness (QED) is 0.519. The molecule has 1 heterocycles. The van der Waals surface area contributed by atoms with Crippen LogP contribution in [0.5, 0.6) is 0 Å². The van der Waals surface area contributed by atoms with Crippen molar-refractivity contribution in [2.45, 2.75) is 32.8 Å². The number of anilines is 2. The van der Waals surface area contributed by atoms with E-state index in [2.05, 4.69) is 15.6 Å². The van der Waals surface area contributed by atoms with Crippen LogP contribution in [-0.4, -0.2) is 34.9 Å². The highest BCUT2D eigenvalue weighted by Gasteiger charge is 2.16. The van der Waals surface area contributed by atoms with Crippen LogP contribution in [0.4, 0.5) is 11.4 Å². The number of nitrogens with two attached hydrogens (primary N) is 1. The number of amides is 2. The number of benzene rings is 1. The number of carbonyl (C=O) groups is 3. The summed E-state index contributed by atoms with van der Waals surface area (Å²) in [6.45, 7) is 5.46. The van der Waals surface area contributed by atoms with Crippen molar-refractivity contribution in [2.24, 2.45) is 0 Å². The van der Waals surface area contributed by atoms with E-state index in [1.807, 2.05) is 0 Å². The van der Waals surface area contributed by atoms with Crippen LogP contribution in [-0.2, 0) is 9.53 Å². The van der Waals surface area contributed by atoms with E-state index in [1.165, 1.54) is 18.3 Å². The Bertz CT molecular complexity index is 857. The average molecular weight is 384 g/mol. The van der Waals surface area contributed by atoms with Gasteiger partial charge in [0, 0.05) is 12.7 Å². The van der Waals surface area contributed by atoms with E-state index in [1.54, 1.807) is 45.0 Å². The molecule has 28 heavy (non-hydrogen) atoms. The zero-order valence-corrected chi connectivity index (χ0v) is 16.1. The van der Waals surface area contributed by atoms with Gasteiger partial charge in [-0.15, -0.1) is 0 Å². The number of carbonyl (C=O) groups excluding carboxylic acids is 3. The molecule has 1 aromatic heterocycles. The number of nitrogen functional groups attached to an aromatic ring is 1. The Morgan fingerprint density at radius 2 is 1.79 bits per heavy atom. The molecule has 0 atom stereocenters. The minimum absolute atomic E-state index is 0.0575. The molecule has 0 radical (unpaired) electrons. The molecule has 0 aliphatic heterocycles. The molecule has 2 aromatic rings. The lowest BCUT2D eigenvalue weighted by molar-refractivity contribution is -0.154. The Morgan fingerprint density at radius 3 is 2.39 bits per heavy atom. The van der Waals surface area contributed by atoms with Crippen molar-refractivity contribution >= 4 is 29.2 Å². The molecular weight excluding hydrogens is 360 g/mol. The van der Waals surface area contributed by atoms with E-state index in [0.717, 1.165) is 0 Å². The summed E-state index contributed by atoms with van der Waals surface area (Å²) in [6, 6.07) is 9.82. The molecule has 1 aromatic carbocycles. The number of pyridine rings is 1. The number of aromatic nitrogens is 1. The van der Waals surface area contributed by atoms with Gasteiger partial charge in [0.1, 0.15) is 11.3 Å². The van der Waals surface area contributed by atoms with Crippen LogP contribution in [0.15, 0.2) is 42.6 Å². The molecule has 0 spiro atoms. The number of nitrogens with one attached hydrogen (secondary N) is 2. The molecule has 148 valence electrons. The SMILES string of the molecule is CC(C)(C)OC(=O)CCNC(=O)c1ccc(C(=O)Nc2ccccc2N)cn1. The summed E-state index contributed by atoms with van der Waals surface area (Å²) in [7, 11) is 0. The van der Waals surface area contributed by atoms with Gasteiger partial charge in [0.05, 0.1) is 23.4 Å². The first-order valence-electron chi connectivity index (χ1n) is 8.77. The molecule has 0 aliphatic rings. The van der Waals surface area contributed by atoms with Crippen LogP contribution in [0.3, 0.4) is 0 Å². The largest absolute Gasteiger partial charge is 0.460 e. The summed E-state index contributed by atoms with van der Waals surface area (Å²) < 4.78 is 5.17. The van der Waals surface area contributed by atoms with Gasteiger partial charge in [0.15, 0.2) is 0 Å². The highest BCUT2D eigenvalue weighted by molar-refractivity contribution is 6.05. The molecule has 2 amide bonds. The molecule has 0 saturated heterocycles. The van der Waals surface area contributed by atoms with E-state index < -0.39 is 17.5 Å². The lowest BCUT2D eigenvalue weighted by atomic mass is 10.2. The number of rotatable bonds is 6. The van der Waals surface area contributed by atoms with Crippen molar-refractivity contribution in [1.82, 2.24) is 10.3 Å². The van der Waals surface area contributed by atoms with E-state index in [4.69, 9.17) is 10.5 Å². The molecule has 8 nitrogen and oxygen atoms in total. The van der Waals surface area contributed by atoms with E-state index in [-0.39, 0.29) is 30.1 Å². The Morgan fingerprint density at radius 1 is 1.07 bits per heavy atom. The van der Waals surface area contributed by atoms with E-state index in [9.17, 15) is 14.4 Å². The molecule has 0 aliphatic carbocycles. The molecule has 0 fully saturated rings. The van der Waals surface area contributed by atoms with Gasteiger partial charge in [-0.25, -0.2) is 0 Å². The number of nitrogens with zero attached hydrogens (tertiary/aromatic N) is 1. The number of para-hydroxylation sites is 2. The fourth-order valence-electron chi connectivity index (χ4n) is 2.23. The van der Waals surface area contributed by atoms with Crippen LogP contribution in [0, 0.1) is 0 Å². The van der Waals surface area contributed by atoms with Crippen molar-refractivity contribution in [1.29, 1.82) is 0 Å². The second-order valence-electron chi connectivity index (χ2n) is 7.07. The Hall–Kier alpha value is -3.42. The molecule has 8 heteroatoms. The fourth-order valence-corrected chi connectivity index (χ4v) is 2.23. The summed E-state index contributed by atoms with van der Waals surface area (Å²) in [6.07, 6.45) is 1.36. The third-order valence-electron chi connectivity index (χ3n) is 3.50. The van der Waals surface area contributed by atoms with Gasteiger partial charge in [-0.2, -0.15) is 0 Å². The normalized spacial score (nSPS) is 10.8. The molecule has 0 bridgehead atoms. The maximum absolute atomic E-state index is 12.2. The molecular formula is C20H24N4O4. The number of hydrogen-bond acceptors (Lipinski definition) is 6. The van der Waals surface area contributed by atoms with Gasteiger partial charge in [-0.05, 0) is 45.0 Å². The van der Waals surface area contributed by atoms with E-state index in [0.29, 0.717) is 11.4 Å². The third-order valence-corrected chi connectivity index (χ3v) is 3.50. The average Bonchev–Trinajstić information content (AvgIpc) is 2.62. The van der Waals surface area contributed by atoms with Gasteiger partial charge < -0.3 is 21.1 Å². The first kappa shape index (κ1) is 20.9. The highest BCUT2D eigenvalue weighted by Crippen LogP contribution is 2.17. The first-order chi connectivity index (χ1) is 13.2. The smallest absolute Gasteiger partial charge is 0.308 e. The number of hydrogen-bond donors (Lipinski definition) is 3. The van der Waals surface area contributed by atoms with Crippen molar-refractivity contribution in [3.05, 3.63) is 53.9 Å². The van der Waals surface area contributed by atoms with Gasteiger partial charge in [-0.3, -0.25) is 19.4 Å². The molecule has 0 saturated carbocycles. The molecule has 0 unspecified atom stereocenters. The summed E-state index contributed by atoms with van der Waals surface area (Å²) in [4.78, 5) is 40.0. The lowest BCUT2D eigenvalue weighted by Crippen LogP contribution is -2.30. The van der Waals surface area contributed by atoms with Crippen molar-refractivity contribution in [3.8, 4) is 0 Å². The number of ether oxygens (including phenoxy) is 1. The Balaban J connectivity index is 1.87. The monoisotopic (exact) mass is 384 g/mol. The van der Waals surface area contributed by atoms with Crippen LogP contribution < -0.4 is 16.4 Å². The van der Waals surface area contributed by atoms with Crippen molar-refractivity contribution in [2.75, 3.05) is 17.6 Å². The maximum Gasteiger partial charge on any atom is 0.308 e. The Labute approximate surface area is 163 Å². The molecule has 2 rings (SSSR count). The fraction of sp³-hybridized carbons (Fsp3) is 0.300. The van der Waals surface area contributed by atoms with Gasteiger partial charge in [0.2, 0.25) is 0 Å². The van der Waals surface area contributed by atoms with Crippen LogP contribution >= 0.6 is 0 Å². The lowest BCUT2D eigenvalue weighted by Gasteiger charge is -2.19.